The molecule has 126 valence electrons. The highest BCUT2D eigenvalue weighted by Crippen LogP contribution is 2.33. The highest BCUT2D eigenvalue weighted by molar-refractivity contribution is 6.30. The predicted octanol–water partition coefficient (Wildman–Crippen LogP) is 3.90. The molecule has 0 aromatic heterocycles. The smallest absolute Gasteiger partial charge is 0.315 e. The molecule has 0 saturated heterocycles. The first-order chi connectivity index (χ1) is 11.0. The summed E-state index contributed by atoms with van der Waals surface area (Å²) in [5, 5.41) is 6.75. The minimum absolute atomic E-state index is 0.108. The number of hydrogen-bond donors (Lipinski definition) is 2. The molecule has 1 aromatic carbocycles. The Hall–Kier alpha value is -1.42. The molecule has 23 heavy (non-hydrogen) atoms. The van der Waals surface area contributed by atoms with Crippen molar-refractivity contribution in [2.75, 3.05) is 6.61 Å². The second-order valence-corrected chi connectivity index (χ2v) is 7.53. The Morgan fingerprint density at radius 3 is 2.74 bits per heavy atom. The quantitative estimate of drug-likeness (QED) is 0.879. The van der Waals surface area contributed by atoms with E-state index in [9.17, 15) is 4.79 Å². The van der Waals surface area contributed by atoms with Gasteiger partial charge < -0.3 is 15.4 Å². The molecule has 0 radical (unpaired) electrons. The van der Waals surface area contributed by atoms with Crippen LogP contribution in [0.2, 0.25) is 5.02 Å². The first kappa shape index (κ1) is 16.4. The van der Waals surface area contributed by atoms with Crippen molar-refractivity contribution in [3.63, 3.8) is 0 Å². The zero-order chi connectivity index (χ0) is 16.4. The van der Waals surface area contributed by atoms with E-state index in [4.69, 9.17) is 16.3 Å². The molecule has 1 saturated carbocycles. The first-order valence-corrected chi connectivity index (χ1v) is 8.87. The molecule has 4 nitrogen and oxygen atoms in total. The summed E-state index contributed by atoms with van der Waals surface area (Å²) in [6, 6.07) is 3.98. The number of hydrogen-bond acceptors (Lipinski definition) is 2. The molecule has 2 atom stereocenters. The van der Waals surface area contributed by atoms with Crippen LogP contribution in [0.5, 0.6) is 5.75 Å². The Labute approximate surface area is 142 Å². The Morgan fingerprint density at radius 2 is 2.00 bits per heavy atom. The maximum atomic E-state index is 12.2. The van der Waals surface area contributed by atoms with E-state index in [0.29, 0.717) is 30.0 Å². The number of benzene rings is 1. The highest BCUT2D eigenvalue weighted by Gasteiger charge is 2.25. The summed E-state index contributed by atoms with van der Waals surface area (Å²) in [6.45, 7) is 5.64. The fourth-order valence-corrected chi connectivity index (χ4v) is 4.22. The van der Waals surface area contributed by atoms with Crippen molar-refractivity contribution in [1.82, 2.24) is 10.6 Å². The standard InChI is InChI=1S/C18H25ClN2O2/c1-11-5-12(2)7-16(6-11)21-18(22)20-10-14-9-15(19)8-13-3-4-23-17(13)14/h8-9,11-12,16H,3-7,10H2,1-2H3,(H2,20,21,22). The number of nitrogens with one attached hydrogen (secondary N) is 2. The summed E-state index contributed by atoms with van der Waals surface area (Å²) in [5.74, 6) is 2.23. The van der Waals surface area contributed by atoms with Crippen LogP contribution in [0.4, 0.5) is 4.79 Å². The third-order valence-corrected chi connectivity index (χ3v) is 5.00. The van der Waals surface area contributed by atoms with Crippen molar-refractivity contribution < 1.29 is 9.53 Å². The number of rotatable bonds is 3. The molecule has 1 aliphatic carbocycles. The van der Waals surface area contributed by atoms with Crippen molar-refractivity contribution in [1.29, 1.82) is 0 Å². The van der Waals surface area contributed by atoms with E-state index in [0.717, 1.165) is 36.1 Å². The molecule has 1 heterocycles. The molecular formula is C18H25ClN2O2. The van der Waals surface area contributed by atoms with Crippen molar-refractivity contribution in [3.05, 3.63) is 28.3 Å². The Balaban J connectivity index is 1.55. The van der Waals surface area contributed by atoms with Crippen LogP contribution < -0.4 is 15.4 Å². The molecule has 2 amide bonds. The molecular weight excluding hydrogens is 312 g/mol. The predicted molar refractivity (Wildman–Crippen MR) is 92.0 cm³/mol. The first-order valence-electron chi connectivity index (χ1n) is 8.49. The minimum atomic E-state index is -0.108. The van der Waals surface area contributed by atoms with Gasteiger partial charge in [0, 0.05) is 29.6 Å². The van der Waals surface area contributed by atoms with Crippen LogP contribution in [0, 0.1) is 11.8 Å². The van der Waals surface area contributed by atoms with Crippen LogP contribution in [0.1, 0.15) is 44.2 Å². The number of halogens is 1. The normalized spacial score (nSPS) is 26.3. The molecule has 1 aliphatic heterocycles. The summed E-state index contributed by atoms with van der Waals surface area (Å²) in [7, 11) is 0. The molecule has 2 N–H and O–H groups in total. The highest BCUT2D eigenvalue weighted by atomic mass is 35.5. The van der Waals surface area contributed by atoms with E-state index in [1.54, 1.807) is 0 Å². The van der Waals surface area contributed by atoms with Gasteiger partial charge in [0.15, 0.2) is 0 Å². The van der Waals surface area contributed by atoms with Gasteiger partial charge in [0.25, 0.3) is 0 Å². The lowest BCUT2D eigenvalue weighted by Crippen LogP contribution is -2.44. The number of urea groups is 1. The van der Waals surface area contributed by atoms with E-state index >= 15 is 0 Å². The molecule has 1 aromatic rings. The monoisotopic (exact) mass is 336 g/mol. The van der Waals surface area contributed by atoms with Crippen LogP contribution in [0.15, 0.2) is 12.1 Å². The van der Waals surface area contributed by atoms with Crippen molar-refractivity contribution >= 4 is 17.6 Å². The summed E-state index contributed by atoms with van der Waals surface area (Å²) in [6.07, 6.45) is 4.26. The molecule has 3 rings (SSSR count). The van der Waals surface area contributed by atoms with Gasteiger partial charge in [0.05, 0.1) is 6.61 Å². The van der Waals surface area contributed by atoms with Gasteiger partial charge in [0.1, 0.15) is 5.75 Å². The number of carbonyl (C=O) groups excluding carboxylic acids is 1. The van der Waals surface area contributed by atoms with Crippen LogP contribution >= 0.6 is 11.6 Å². The van der Waals surface area contributed by atoms with Gasteiger partial charge in [-0.05, 0) is 48.8 Å². The van der Waals surface area contributed by atoms with Crippen LogP contribution in [0.3, 0.4) is 0 Å². The zero-order valence-electron chi connectivity index (χ0n) is 13.8. The van der Waals surface area contributed by atoms with E-state index < -0.39 is 0 Å². The number of amides is 2. The fourth-order valence-electron chi connectivity index (χ4n) is 3.95. The largest absolute Gasteiger partial charge is 0.493 e. The van der Waals surface area contributed by atoms with Crippen molar-refractivity contribution in [3.8, 4) is 5.75 Å². The zero-order valence-corrected chi connectivity index (χ0v) is 14.6. The number of carbonyl (C=O) groups is 1. The van der Waals surface area contributed by atoms with E-state index in [2.05, 4.69) is 24.5 Å². The van der Waals surface area contributed by atoms with Gasteiger partial charge in [-0.3, -0.25) is 0 Å². The van der Waals surface area contributed by atoms with Gasteiger partial charge in [-0.2, -0.15) is 0 Å². The molecule has 2 unspecified atom stereocenters. The molecule has 5 heteroatoms. The lowest BCUT2D eigenvalue weighted by molar-refractivity contribution is 0.213. The lowest BCUT2D eigenvalue weighted by atomic mass is 9.80. The van der Waals surface area contributed by atoms with E-state index in [1.165, 1.54) is 6.42 Å². The third-order valence-electron chi connectivity index (χ3n) is 4.78. The maximum Gasteiger partial charge on any atom is 0.315 e. The molecule has 0 bridgehead atoms. The van der Waals surface area contributed by atoms with E-state index in [-0.39, 0.29) is 12.1 Å². The van der Waals surface area contributed by atoms with E-state index in [1.807, 2.05) is 12.1 Å². The van der Waals surface area contributed by atoms with Gasteiger partial charge in [-0.25, -0.2) is 4.79 Å². The summed E-state index contributed by atoms with van der Waals surface area (Å²) < 4.78 is 5.66. The second-order valence-electron chi connectivity index (χ2n) is 7.09. The Morgan fingerprint density at radius 1 is 1.26 bits per heavy atom. The SMILES string of the molecule is CC1CC(C)CC(NC(=O)NCc2cc(Cl)cc3c2OCC3)C1. The van der Waals surface area contributed by atoms with Gasteiger partial charge in [0.2, 0.25) is 0 Å². The van der Waals surface area contributed by atoms with Gasteiger partial charge in [-0.15, -0.1) is 0 Å². The van der Waals surface area contributed by atoms with Crippen LogP contribution in [-0.4, -0.2) is 18.7 Å². The van der Waals surface area contributed by atoms with Gasteiger partial charge in [-0.1, -0.05) is 25.4 Å². The summed E-state index contributed by atoms with van der Waals surface area (Å²) >= 11 is 6.15. The summed E-state index contributed by atoms with van der Waals surface area (Å²) in [4.78, 5) is 12.2. The topological polar surface area (TPSA) is 50.4 Å². The number of ether oxygens (including phenoxy) is 1. The average Bonchev–Trinajstić information content (AvgIpc) is 2.91. The third kappa shape index (κ3) is 4.11. The fraction of sp³-hybridized carbons (Fsp3) is 0.611. The van der Waals surface area contributed by atoms with Crippen LogP contribution in [-0.2, 0) is 13.0 Å². The average molecular weight is 337 g/mol. The van der Waals surface area contributed by atoms with Gasteiger partial charge >= 0.3 is 6.03 Å². The number of fused-ring (bicyclic) bond motifs is 1. The Kier molecular flexibility index (Phi) is 5.00. The van der Waals surface area contributed by atoms with Crippen LogP contribution in [0.25, 0.3) is 0 Å². The Bertz CT molecular complexity index is 581. The lowest BCUT2D eigenvalue weighted by Gasteiger charge is -2.31. The van der Waals surface area contributed by atoms with Crippen molar-refractivity contribution in [2.45, 2.75) is 52.1 Å². The minimum Gasteiger partial charge on any atom is -0.493 e. The second kappa shape index (κ2) is 7.00. The molecule has 2 aliphatic rings. The van der Waals surface area contributed by atoms with Crippen molar-refractivity contribution in [2.24, 2.45) is 11.8 Å². The molecule has 1 fully saturated rings. The summed E-state index contributed by atoms with van der Waals surface area (Å²) in [5.41, 5.74) is 2.08. The maximum absolute atomic E-state index is 12.2. The molecule has 0 spiro atoms.